The lowest BCUT2D eigenvalue weighted by molar-refractivity contribution is -0.122. The molecule has 5 nitrogen and oxygen atoms in total. The van der Waals surface area contributed by atoms with E-state index in [2.05, 4.69) is 5.32 Å². The smallest absolute Gasteiger partial charge is 0.240 e. The van der Waals surface area contributed by atoms with Crippen LogP contribution in [-0.2, 0) is 9.59 Å². The summed E-state index contributed by atoms with van der Waals surface area (Å²) in [5.41, 5.74) is 6.84. The molecule has 3 N–H and O–H groups in total. The molecule has 0 radical (unpaired) electrons. The molecule has 0 spiro atoms. The Bertz CT molecular complexity index is 504. The van der Waals surface area contributed by atoms with Gasteiger partial charge in [0.1, 0.15) is 6.54 Å². The molecule has 0 aromatic heterocycles. The lowest BCUT2D eigenvalue weighted by atomic mass is 10.2. The van der Waals surface area contributed by atoms with Crippen LogP contribution in [0.4, 0.5) is 11.4 Å². The summed E-state index contributed by atoms with van der Waals surface area (Å²) in [5.74, 6) is -0.595. The van der Waals surface area contributed by atoms with Gasteiger partial charge in [-0.25, -0.2) is 0 Å². The standard InChI is InChI=1S/C12H15N3O2S/c1-7-12(17)15(6-11(13)16)9-5-8(14-2)3-4-10(9)18-7/h3-5,7,14H,6H2,1-2H3,(H2,13,16). The fraction of sp³-hybridized carbons (Fsp3) is 0.333. The van der Waals surface area contributed by atoms with Crippen LogP contribution in [0.25, 0.3) is 0 Å². The number of carbonyl (C=O) groups excluding carboxylic acids is 2. The van der Waals surface area contributed by atoms with Crippen LogP contribution >= 0.6 is 11.8 Å². The lowest BCUT2D eigenvalue weighted by Gasteiger charge is -2.31. The summed E-state index contributed by atoms with van der Waals surface area (Å²) in [5, 5.41) is 2.82. The molecule has 0 aliphatic carbocycles. The molecule has 1 atom stereocenters. The van der Waals surface area contributed by atoms with E-state index in [0.29, 0.717) is 0 Å². The Morgan fingerprint density at radius 1 is 1.56 bits per heavy atom. The van der Waals surface area contributed by atoms with E-state index in [1.165, 1.54) is 16.7 Å². The van der Waals surface area contributed by atoms with Gasteiger partial charge in [-0.1, -0.05) is 0 Å². The molecule has 1 aromatic rings. The van der Waals surface area contributed by atoms with Crippen molar-refractivity contribution < 1.29 is 9.59 Å². The number of fused-ring (bicyclic) bond motifs is 1. The van der Waals surface area contributed by atoms with Crippen molar-refractivity contribution in [2.45, 2.75) is 17.1 Å². The molecule has 1 aromatic carbocycles. The SMILES string of the molecule is CNc1ccc2c(c1)N(CC(N)=O)C(=O)C(C)S2. The summed E-state index contributed by atoms with van der Waals surface area (Å²) >= 11 is 1.50. The third-order valence-electron chi connectivity index (χ3n) is 2.77. The van der Waals surface area contributed by atoms with E-state index in [9.17, 15) is 9.59 Å². The Balaban J connectivity index is 2.45. The summed E-state index contributed by atoms with van der Waals surface area (Å²) in [7, 11) is 1.81. The third-order valence-corrected chi connectivity index (χ3v) is 3.92. The molecule has 0 saturated carbocycles. The highest BCUT2D eigenvalue weighted by Gasteiger charge is 2.31. The molecule has 2 amide bonds. The van der Waals surface area contributed by atoms with Crippen LogP contribution in [0.15, 0.2) is 23.1 Å². The first kappa shape index (κ1) is 12.8. The van der Waals surface area contributed by atoms with E-state index in [0.717, 1.165) is 16.3 Å². The van der Waals surface area contributed by atoms with E-state index in [-0.39, 0.29) is 17.7 Å². The zero-order valence-electron chi connectivity index (χ0n) is 10.3. The first-order valence-corrected chi connectivity index (χ1v) is 6.49. The van der Waals surface area contributed by atoms with Gasteiger partial charge in [-0.15, -0.1) is 11.8 Å². The van der Waals surface area contributed by atoms with Gasteiger partial charge < -0.3 is 16.0 Å². The topological polar surface area (TPSA) is 75.4 Å². The molecule has 0 bridgehead atoms. The minimum Gasteiger partial charge on any atom is -0.388 e. The monoisotopic (exact) mass is 265 g/mol. The van der Waals surface area contributed by atoms with Gasteiger partial charge in [-0.05, 0) is 25.1 Å². The van der Waals surface area contributed by atoms with Crippen molar-refractivity contribution in [3.8, 4) is 0 Å². The summed E-state index contributed by atoms with van der Waals surface area (Å²) in [6.45, 7) is 1.75. The van der Waals surface area contributed by atoms with Crippen molar-refractivity contribution in [1.82, 2.24) is 0 Å². The van der Waals surface area contributed by atoms with Crippen LogP contribution in [0, 0.1) is 0 Å². The summed E-state index contributed by atoms with van der Waals surface area (Å²) in [6, 6.07) is 5.74. The second-order valence-electron chi connectivity index (χ2n) is 4.08. The van der Waals surface area contributed by atoms with Crippen LogP contribution in [-0.4, -0.2) is 30.7 Å². The van der Waals surface area contributed by atoms with Gasteiger partial charge in [0.2, 0.25) is 11.8 Å². The van der Waals surface area contributed by atoms with Crippen LogP contribution in [0.1, 0.15) is 6.92 Å². The minimum absolute atomic E-state index is 0.0795. The number of anilines is 2. The maximum atomic E-state index is 12.1. The molecule has 1 aliphatic heterocycles. The maximum absolute atomic E-state index is 12.1. The fourth-order valence-corrected chi connectivity index (χ4v) is 2.93. The van der Waals surface area contributed by atoms with E-state index in [1.54, 1.807) is 7.05 Å². The molecule has 2 rings (SSSR count). The number of rotatable bonds is 3. The van der Waals surface area contributed by atoms with Crippen molar-refractivity contribution >= 4 is 35.0 Å². The van der Waals surface area contributed by atoms with Gasteiger partial charge in [0.05, 0.1) is 10.9 Å². The van der Waals surface area contributed by atoms with Crippen molar-refractivity contribution in [3.63, 3.8) is 0 Å². The van der Waals surface area contributed by atoms with E-state index >= 15 is 0 Å². The van der Waals surface area contributed by atoms with Crippen molar-refractivity contribution in [1.29, 1.82) is 0 Å². The Kier molecular flexibility index (Phi) is 3.47. The Morgan fingerprint density at radius 3 is 2.89 bits per heavy atom. The zero-order chi connectivity index (χ0) is 13.3. The number of nitrogens with one attached hydrogen (secondary N) is 1. The lowest BCUT2D eigenvalue weighted by Crippen LogP contribution is -2.44. The van der Waals surface area contributed by atoms with E-state index in [1.807, 2.05) is 25.1 Å². The molecule has 6 heteroatoms. The van der Waals surface area contributed by atoms with Crippen LogP contribution in [0.2, 0.25) is 0 Å². The number of nitrogens with two attached hydrogens (primary N) is 1. The van der Waals surface area contributed by atoms with Gasteiger partial charge in [0.25, 0.3) is 0 Å². The van der Waals surface area contributed by atoms with Crippen LogP contribution < -0.4 is 16.0 Å². The predicted octanol–water partition coefficient (Wildman–Crippen LogP) is 1.04. The second kappa shape index (κ2) is 4.89. The quantitative estimate of drug-likeness (QED) is 0.856. The van der Waals surface area contributed by atoms with Gasteiger partial charge in [-0.3, -0.25) is 9.59 Å². The molecule has 0 fully saturated rings. The number of primary amides is 1. The second-order valence-corrected chi connectivity index (χ2v) is 5.47. The molecular formula is C12H15N3O2S. The molecule has 1 unspecified atom stereocenters. The molecule has 96 valence electrons. The van der Waals surface area contributed by atoms with Gasteiger partial charge >= 0.3 is 0 Å². The summed E-state index contributed by atoms with van der Waals surface area (Å²) in [6.07, 6.45) is 0. The number of amides is 2. The average molecular weight is 265 g/mol. The average Bonchev–Trinajstić information content (AvgIpc) is 2.34. The van der Waals surface area contributed by atoms with Gasteiger partial charge in [0, 0.05) is 17.6 Å². The highest BCUT2D eigenvalue weighted by Crippen LogP contribution is 2.40. The Morgan fingerprint density at radius 2 is 2.28 bits per heavy atom. The first-order chi connectivity index (χ1) is 8.52. The maximum Gasteiger partial charge on any atom is 0.240 e. The number of carbonyl (C=O) groups is 2. The fourth-order valence-electron chi connectivity index (χ4n) is 1.88. The third kappa shape index (κ3) is 2.28. The Hall–Kier alpha value is -1.69. The zero-order valence-corrected chi connectivity index (χ0v) is 11.1. The van der Waals surface area contributed by atoms with Crippen LogP contribution in [0.3, 0.4) is 0 Å². The Labute approximate surface area is 110 Å². The van der Waals surface area contributed by atoms with Gasteiger partial charge in [0.15, 0.2) is 0 Å². The molecule has 1 aliphatic rings. The number of nitrogens with zero attached hydrogens (tertiary/aromatic N) is 1. The number of benzene rings is 1. The summed E-state index contributed by atoms with van der Waals surface area (Å²) in [4.78, 5) is 25.6. The van der Waals surface area contributed by atoms with Crippen molar-refractivity contribution in [2.75, 3.05) is 23.8 Å². The molecule has 0 saturated heterocycles. The first-order valence-electron chi connectivity index (χ1n) is 5.61. The highest BCUT2D eigenvalue weighted by molar-refractivity contribution is 8.01. The predicted molar refractivity (Wildman–Crippen MR) is 72.9 cm³/mol. The molecular weight excluding hydrogens is 250 g/mol. The number of thioether (sulfide) groups is 1. The summed E-state index contributed by atoms with van der Waals surface area (Å²) < 4.78 is 0. The van der Waals surface area contributed by atoms with E-state index in [4.69, 9.17) is 5.73 Å². The molecule has 18 heavy (non-hydrogen) atoms. The van der Waals surface area contributed by atoms with Crippen molar-refractivity contribution in [3.05, 3.63) is 18.2 Å². The normalized spacial score (nSPS) is 18.4. The van der Waals surface area contributed by atoms with Crippen molar-refractivity contribution in [2.24, 2.45) is 5.73 Å². The minimum atomic E-state index is -0.511. The number of hydrogen-bond acceptors (Lipinski definition) is 4. The van der Waals surface area contributed by atoms with E-state index < -0.39 is 5.91 Å². The van der Waals surface area contributed by atoms with Crippen LogP contribution in [0.5, 0.6) is 0 Å². The van der Waals surface area contributed by atoms with Gasteiger partial charge in [-0.2, -0.15) is 0 Å². The largest absolute Gasteiger partial charge is 0.388 e. The molecule has 1 heterocycles. The number of hydrogen-bond donors (Lipinski definition) is 2. The highest BCUT2D eigenvalue weighted by atomic mass is 32.2.